The summed E-state index contributed by atoms with van der Waals surface area (Å²) in [4.78, 5) is 16.7. The second kappa shape index (κ2) is 4.97. The standard InChI is InChI=1S/C15H19BrN4O/c16-11-7-10-12(18-15(21)14(10)17)8-13(11)20-5-3-19(4-6-20)9-1-2-9/h7-9,14H,1-6,17H2,(H,18,21). The molecule has 5 nitrogen and oxygen atoms in total. The van der Waals surface area contributed by atoms with Gasteiger partial charge in [-0.25, -0.2) is 0 Å². The van der Waals surface area contributed by atoms with Crippen LogP contribution in [0.2, 0.25) is 0 Å². The van der Waals surface area contributed by atoms with Gasteiger partial charge in [-0.3, -0.25) is 9.69 Å². The summed E-state index contributed by atoms with van der Waals surface area (Å²) in [5, 5.41) is 2.87. The Balaban J connectivity index is 1.56. The summed E-state index contributed by atoms with van der Waals surface area (Å²) in [6, 6.07) is 4.34. The van der Waals surface area contributed by atoms with Crippen molar-refractivity contribution < 1.29 is 4.79 Å². The van der Waals surface area contributed by atoms with E-state index < -0.39 is 6.04 Å². The molecule has 3 N–H and O–H groups in total. The molecule has 1 atom stereocenters. The fourth-order valence-electron chi connectivity index (χ4n) is 3.30. The quantitative estimate of drug-likeness (QED) is 0.851. The Bertz CT molecular complexity index is 594. The van der Waals surface area contributed by atoms with Crippen LogP contribution in [0.3, 0.4) is 0 Å². The van der Waals surface area contributed by atoms with Gasteiger partial charge in [0.2, 0.25) is 5.91 Å². The van der Waals surface area contributed by atoms with Gasteiger partial charge in [0.1, 0.15) is 6.04 Å². The van der Waals surface area contributed by atoms with E-state index in [1.165, 1.54) is 12.8 Å². The van der Waals surface area contributed by atoms with Crippen molar-refractivity contribution in [3.63, 3.8) is 0 Å². The Morgan fingerprint density at radius 2 is 1.90 bits per heavy atom. The van der Waals surface area contributed by atoms with Crippen molar-refractivity contribution in [2.45, 2.75) is 24.9 Å². The lowest BCUT2D eigenvalue weighted by molar-refractivity contribution is -0.116. The van der Waals surface area contributed by atoms with E-state index in [2.05, 4.69) is 37.1 Å². The number of hydrogen-bond acceptors (Lipinski definition) is 4. The molecule has 2 fully saturated rings. The molecule has 0 radical (unpaired) electrons. The van der Waals surface area contributed by atoms with Gasteiger partial charge in [-0.1, -0.05) is 0 Å². The second-order valence-corrected chi connectivity index (χ2v) is 6.97. The summed E-state index contributed by atoms with van der Waals surface area (Å²) in [5.41, 5.74) is 8.78. The predicted octanol–water partition coefficient (Wildman–Crippen LogP) is 1.69. The highest BCUT2D eigenvalue weighted by molar-refractivity contribution is 9.10. The molecule has 2 heterocycles. The highest BCUT2D eigenvalue weighted by Gasteiger charge is 2.33. The number of halogens is 1. The number of amides is 1. The molecule has 1 unspecified atom stereocenters. The first-order chi connectivity index (χ1) is 10.1. The molecular formula is C15H19BrN4O. The van der Waals surface area contributed by atoms with E-state index >= 15 is 0 Å². The van der Waals surface area contributed by atoms with Crippen molar-refractivity contribution in [2.75, 3.05) is 36.4 Å². The molecule has 0 bridgehead atoms. The Hall–Kier alpha value is -1.11. The molecular weight excluding hydrogens is 332 g/mol. The van der Waals surface area contributed by atoms with Gasteiger partial charge in [0, 0.05) is 47.9 Å². The molecule has 1 aliphatic carbocycles. The zero-order chi connectivity index (χ0) is 14.6. The normalized spacial score (nSPS) is 25.9. The number of benzene rings is 1. The van der Waals surface area contributed by atoms with Crippen molar-refractivity contribution in [2.24, 2.45) is 5.73 Å². The van der Waals surface area contributed by atoms with E-state index in [-0.39, 0.29) is 5.91 Å². The van der Waals surface area contributed by atoms with E-state index in [0.29, 0.717) is 0 Å². The number of nitrogens with zero attached hydrogens (tertiary/aromatic N) is 2. The number of anilines is 2. The number of rotatable bonds is 2. The second-order valence-electron chi connectivity index (χ2n) is 6.11. The number of nitrogens with two attached hydrogens (primary N) is 1. The average Bonchev–Trinajstić information content (AvgIpc) is 3.29. The van der Waals surface area contributed by atoms with Gasteiger partial charge in [-0.05, 0) is 40.9 Å². The first-order valence-electron chi connectivity index (χ1n) is 7.52. The van der Waals surface area contributed by atoms with Crippen LogP contribution in [0.1, 0.15) is 24.4 Å². The monoisotopic (exact) mass is 350 g/mol. The zero-order valence-electron chi connectivity index (χ0n) is 11.8. The first-order valence-corrected chi connectivity index (χ1v) is 8.31. The fraction of sp³-hybridized carbons (Fsp3) is 0.533. The summed E-state index contributed by atoms with van der Waals surface area (Å²) in [6.45, 7) is 4.32. The third-order valence-corrected chi connectivity index (χ3v) is 5.35. The maximum absolute atomic E-state index is 11.7. The van der Waals surface area contributed by atoms with Gasteiger partial charge in [0.25, 0.3) is 0 Å². The minimum Gasteiger partial charge on any atom is -0.368 e. The number of hydrogen-bond donors (Lipinski definition) is 2. The number of carbonyl (C=O) groups is 1. The molecule has 6 heteroatoms. The van der Waals surface area contributed by atoms with Gasteiger partial charge in [-0.2, -0.15) is 0 Å². The van der Waals surface area contributed by atoms with Crippen molar-refractivity contribution in [1.29, 1.82) is 0 Å². The molecule has 1 saturated carbocycles. The van der Waals surface area contributed by atoms with Gasteiger partial charge in [0.15, 0.2) is 0 Å². The number of piperazine rings is 1. The summed E-state index contributed by atoms with van der Waals surface area (Å²) in [6.07, 6.45) is 2.74. The van der Waals surface area contributed by atoms with Crippen LogP contribution in [0.4, 0.5) is 11.4 Å². The first kappa shape index (κ1) is 13.5. The lowest BCUT2D eigenvalue weighted by Crippen LogP contribution is -2.47. The molecule has 4 rings (SSSR count). The van der Waals surface area contributed by atoms with E-state index in [4.69, 9.17) is 5.73 Å². The van der Waals surface area contributed by atoms with Gasteiger partial charge in [-0.15, -0.1) is 0 Å². The lowest BCUT2D eigenvalue weighted by atomic mass is 10.1. The summed E-state index contributed by atoms with van der Waals surface area (Å²) in [5.74, 6) is -0.118. The van der Waals surface area contributed by atoms with Crippen LogP contribution >= 0.6 is 15.9 Å². The summed E-state index contributed by atoms with van der Waals surface area (Å²) in [7, 11) is 0. The molecule has 1 aromatic carbocycles. The van der Waals surface area contributed by atoms with Crippen LogP contribution in [0.5, 0.6) is 0 Å². The van der Waals surface area contributed by atoms with E-state index in [0.717, 1.165) is 53.6 Å². The minimum absolute atomic E-state index is 0.118. The van der Waals surface area contributed by atoms with Crippen LogP contribution in [-0.4, -0.2) is 43.0 Å². The van der Waals surface area contributed by atoms with Crippen LogP contribution in [-0.2, 0) is 4.79 Å². The number of fused-ring (bicyclic) bond motifs is 1. The van der Waals surface area contributed by atoms with Crippen LogP contribution in [0.25, 0.3) is 0 Å². The summed E-state index contributed by atoms with van der Waals surface area (Å²) >= 11 is 3.64. The van der Waals surface area contributed by atoms with E-state index in [1.807, 2.05) is 6.07 Å². The smallest absolute Gasteiger partial charge is 0.245 e. The van der Waals surface area contributed by atoms with Crippen molar-refractivity contribution in [1.82, 2.24) is 4.90 Å². The molecule has 1 saturated heterocycles. The Labute approximate surface area is 132 Å². The predicted molar refractivity (Wildman–Crippen MR) is 86.5 cm³/mol. The molecule has 1 aromatic rings. The SMILES string of the molecule is NC1C(=O)Nc2cc(N3CCN(C4CC4)CC3)c(Br)cc21. The molecule has 21 heavy (non-hydrogen) atoms. The van der Waals surface area contributed by atoms with E-state index in [1.54, 1.807) is 0 Å². The highest BCUT2D eigenvalue weighted by Crippen LogP contribution is 2.39. The molecule has 3 aliphatic rings. The van der Waals surface area contributed by atoms with Gasteiger partial charge < -0.3 is 16.0 Å². The maximum Gasteiger partial charge on any atom is 0.245 e. The maximum atomic E-state index is 11.7. The zero-order valence-corrected chi connectivity index (χ0v) is 13.4. The topological polar surface area (TPSA) is 61.6 Å². The average molecular weight is 351 g/mol. The third-order valence-electron chi connectivity index (χ3n) is 4.71. The van der Waals surface area contributed by atoms with Gasteiger partial charge >= 0.3 is 0 Å². The van der Waals surface area contributed by atoms with Crippen LogP contribution in [0.15, 0.2) is 16.6 Å². The molecule has 0 spiro atoms. The van der Waals surface area contributed by atoms with Crippen molar-refractivity contribution in [3.05, 3.63) is 22.2 Å². The Morgan fingerprint density at radius 1 is 1.19 bits per heavy atom. The van der Waals surface area contributed by atoms with Crippen LogP contribution in [0, 0.1) is 0 Å². The number of nitrogens with one attached hydrogen (secondary N) is 1. The molecule has 2 aliphatic heterocycles. The van der Waals surface area contributed by atoms with E-state index in [9.17, 15) is 4.79 Å². The van der Waals surface area contributed by atoms with Gasteiger partial charge in [0.05, 0.1) is 5.69 Å². The Morgan fingerprint density at radius 3 is 2.57 bits per heavy atom. The molecule has 1 amide bonds. The van der Waals surface area contributed by atoms with Crippen molar-refractivity contribution >= 4 is 33.2 Å². The Kier molecular flexibility index (Phi) is 3.20. The third kappa shape index (κ3) is 2.35. The number of carbonyl (C=O) groups excluding carboxylic acids is 1. The molecule has 0 aromatic heterocycles. The summed E-state index contributed by atoms with van der Waals surface area (Å²) < 4.78 is 1.02. The highest BCUT2D eigenvalue weighted by atomic mass is 79.9. The fourth-order valence-corrected chi connectivity index (χ4v) is 3.92. The largest absolute Gasteiger partial charge is 0.368 e. The van der Waals surface area contributed by atoms with Crippen LogP contribution < -0.4 is 16.0 Å². The lowest BCUT2D eigenvalue weighted by Gasteiger charge is -2.36. The molecule has 112 valence electrons. The minimum atomic E-state index is -0.544. The van der Waals surface area contributed by atoms with Crippen molar-refractivity contribution in [3.8, 4) is 0 Å².